The van der Waals surface area contributed by atoms with Crippen molar-refractivity contribution in [2.45, 2.75) is 76.0 Å². The van der Waals surface area contributed by atoms with Crippen LogP contribution in [0.4, 0.5) is 10.1 Å². The molecule has 2 saturated carbocycles. The third kappa shape index (κ3) is 5.37. The van der Waals surface area contributed by atoms with Crippen molar-refractivity contribution in [3.63, 3.8) is 0 Å². The zero-order chi connectivity index (χ0) is 22.9. The number of benzene rings is 1. The van der Waals surface area contributed by atoms with Crippen LogP contribution < -0.4 is 20.7 Å². The molecular formula is C24H39FN4O3. The van der Waals surface area contributed by atoms with Gasteiger partial charge in [-0.05, 0) is 57.1 Å². The zero-order valence-electron chi connectivity index (χ0n) is 19.3. The number of hydrogen-bond donors (Lipinski definition) is 4. The fraction of sp³-hybridized carbons (Fsp3) is 0.750. The molecular weight excluding hydrogens is 411 g/mol. The summed E-state index contributed by atoms with van der Waals surface area (Å²) < 4.78 is 18.9. The molecule has 8 heteroatoms. The van der Waals surface area contributed by atoms with Crippen molar-refractivity contribution in [3.8, 4) is 5.75 Å². The van der Waals surface area contributed by atoms with E-state index in [-0.39, 0.29) is 29.4 Å². The Bertz CT molecular complexity index is 778. The van der Waals surface area contributed by atoms with Gasteiger partial charge in [-0.2, -0.15) is 0 Å². The molecule has 3 fully saturated rings. The quantitative estimate of drug-likeness (QED) is 0.451. The van der Waals surface area contributed by atoms with E-state index in [0.717, 1.165) is 63.8 Å². The minimum absolute atomic E-state index is 0.146. The molecule has 1 aromatic carbocycles. The molecule has 1 aliphatic heterocycles. The number of ether oxygens (including phenoxy) is 1. The Kier molecular flexibility index (Phi) is 7.27. The lowest BCUT2D eigenvalue weighted by atomic mass is 9.75. The molecule has 4 rings (SSSR count). The van der Waals surface area contributed by atoms with Crippen molar-refractivity contribution in [2.24, 2.45) is 17.6 Å². The number of anilines is 1. The second-order valence-corrected chi connectivity index (χ2v) is 10.0. The standard InChI is InChI=1S/C24H39FN4O3/c1-16-15-28(18-7-8-20(25)21(14-18)32-2)11-12-29(16)23(31)19-6-4-3-5-17(19)13-22(30)27-24(26)9-10-24/h7-8,14,16-17,19,22-23,27,30-31H,3-6,9-13,15,26H2,1-2H3/t16-,17-,19-,22?,23?/m1/s1. The molecule has 5 atom stereocenters. The maximum Gasteiger partial charge on any atom is 0.165 e. The molecule has 1 saturated heterocycles. The van der Waals surface area contributed by atoms with E-state index in [4.69, 9.17) is 10.5 Å². The summed E-state index contributed by atoms with van der Waals surface area (Å²) in [5.74, 6) is 0.309. The van der Waals surface area contributed by atoms with Gasteiger partial charge in [0.1, 0.15) is 12.5 Å². The lowest BCUT2D eigenvalue weighted by Crippen LogP contribution is -2.58. The highest BCUT2D eigenvalue weighted by Gasteiger charge is 2.42. The summed E-state index contributed by atoms with van der Waals surface area (Å²) in [6.07, 6.45) is 5.56. The SMILES string of the molecule is COc1cc(N2CCN(C(O)[C@@H]3CCCC[C@@H]3CC(O)NC3(N)CC3)[C@H](C)C2)ccc1F. The lowest BCUT2D eigenvalue weighted by molar-refractivity contribution is -0.0955. The number of halogens is 1. The average Bonchev–Trinajstić information content (AvgIpc) is 3.50. The van der Waals surface area contributed by atoms with Crippen molar-refractivity contribution < 1.29 is 19.3 Å². The van der Waals surface area contributed by atoms with Crippen molar-refractivity contribution >= 4 is 5.69 Å². The molecule has 2 unspecified atom stereocenters. The molecule has 0 bridgehead atoms. The number of methoxy groups -OCH3 is 1. The number of aliphatic hydroxyl groups excluding tert-OH is 2. The molecule has 7 nitrogen and oxygen atoms in total. The van der Waals surface area contributed by atoms with E-state index in [1.807, 2.05) is 0 Å². The topological polar surface area (TPSA) is 94.2 Å². The second-order valence-electron chi connectivity index (χ2n) is 10.0. The molecule has 180 valence electrons. The van der Waals surface area contributed by atoms with Crippen molar-refractivity contribution in [3.05, 3.63) is 24.0 Å². The predicted molar refractivity (Wildman–Crippen MR) is 123 cm³/mol. The molecule has 0 spiro atoms. The third-order valence-corrected chi connectivity index (χ3v) is 7.64. The van der Waals surface area contributed by atoms with Crippen molar-refractivity contribution in [1.82, 2.24) is 10.2 Å². The number of rotatable bonds is 8. The van der Waals surface area contributed by atoms with Gasteiger partial charge >= 0.3 is 0 Å². The highest BCUT2D eigenvalue weighted by molar-refractivity contribution is 5.51. The van der Waals surface area contributed by atoms with Crippen LogP contribution in [0.2, 0.25) is 0 Å². The minimum Gasteiger partial charge on any atom is -0.494 e. The molecule has 0 aromatic heterocycles. The van der Waals surface area contributed by atoms with Gasteiger partial charge < -0.3 is 25.6 Å². The van der Waals surface area contributed by atoms with Crippen LogP contribution in [0.1, 0.15) is 51.9 Å². The maximum atomic E-state index is 13.8. The Balaban J connectivity index is 1.37. The van der Waals surface area contributed by atoms with Gasteiger partial charge in [0, 0.05) is 43.3 Å². The van der Waals surface area contributed by atoms with E-state index in [1.54, 1.807) is 12.1 Å². The van der Waals surface area contributed by atoms with Crippen LogP contribution in [0, 0.1) is 17.7 Å². The Hall–Kier alpha value is -1.45. The summed E-state index contributed by atoms with van der Waals surface area (Å²) in [5.41, 5.74) is 6.65. The Morgan fingerprint density at radius 3 is 2.69 bits per heavy atom. The molecule has 1 aromatic rings. The smallest absolute Gasteiger partial charge is 0.165 e. The normalized spacial score (nSPS) is 30.1. The molecule has 0 amide bonds. The van der Waals surface area contributed by atoms with E-state index in [0.29, 0.717) is 6.42 Å². The van der Waals surface area contributed by atoms with E-state index < -0.39 is 18.1 Å². The first-order valence-corrected chi connectivity index (χ1v) is 12.1. The monoisotopic (exact) mass is 450 g/mol. The number of aliphatic hydroxyl groups is 2. The summed E-state index contributed by atoms with van der Waals surface area (Å²) >= 11 is 0. The Labute approximate surface area is 190 Å². The highest BCUT2D eigenvalue weighted by Crippen LogP contribution is 2.38. The average molecular weight is 451 g/mol. The van der Waals surface area contributed by atoms with E-state index in [1.165, 1.54) is 13.2 Å². The number of hydrogen-bond acceptors (Lipinski definition) is 7. The van der Waals surface area contributed by atoms with Gasteiger partial charge in [0.05, 0.1) is 12.8 Å². The van der Waals surface area contributed by atoms with Crippen LogP contribution in [0.15, 0.2) is 18.2 Å². The van der Waals surface area contributed by atoms with E-state index in [2.05, 4.69) is 22.0 Å². The molecule has 5 N–H and O–H groups in total. The van der Waals surface area contributed by atoms with Crippen LogP contribution in [-0.2, 0) is 0 Å². The van der Waals surface area contributed by atoms with Gasteiger partial charge in [0.15, 0.2) is 11.6 Å². The highest BCUT2D eigenvalue weighted by atomic mass is 19.1. The van der Waals surface area contributed by atoms with Crippen LogP contribution in [0.3, 0.4) is 0 Å². The number of piperazine rings is 1. The van der Waals surface area contributed by atoms with E-state index in [9.17, 15) is 14.6 Å². The summed E-state index contributed by atoms with van der Waals surface area (Å²) in [6.45, 7) is 4.38. The fourth-order valence-corrected chi connectivity index (χ4v) is 5.57. The first kappa shape index (κ1) is 23.7. The first-order valence-electron chi connectivity index (χ1n) is 12.1. The van der Waals surface area contributed by atoms with Gasteiger partial charge in [-0.3, -0.25) is 10.2 Å². The fourth-order valence-electron chi connectivity index (χ4n) is 5.57. The zero-order valence-corrected chi connectivity index (χ0v) is 19.3. The van der Waals surface area contributed by atoms with Gasteiger partial charge in [-0.1, -0.05) is 12.8 Å². The van der Waals surface area contributed by atoms with E-state index >= 15 is 0 Å². The van der Waals surface area contributed by atoms with Crippen molar-refractivity contribution in [1.29, 1.82) is 0 Å². The summed E-state index contributed by atoms with van der Waals surface area (Å²) in [5, 5.41) is 25.1. The summed E-state index contributed by atoms with van der Waals surface area (Å²) in [7, 11) is 1.48. The molecule has 2 aliphatic carbocycles. The van der Waals surface area contributed by atoms with Gasteiger partial charge in [-0.25, -0.2) is 4.39 Å². The van der Waals surface area contributed by atoms with Gasteiger partial charge in [0.25, 0.3) is 0 Å². The van der Waals surface area contributed by atoms with Crippen LogP contribution in [0.25, 0.3) is 0 Å². The summed E-state index contributed by atoms with van der Waals surface area (Å²) in [6, 6.07) is 5.12. The van der Waals surface area contributed by atoms with Crippen LogP contribution in [0.5, 0.6) is 5.75 Å². The number of nitrogens with zero attached hydrogens (tertiary/aromatic N) is 2. The largest absolute Gasteiger partial charge is 0.494 e. The van der Waals surface area contributed by atoms with Gasteiger partial charge in [0.2, 0.25) is 0 Å². The maximum absolute atomic E-state index is 13.8. The first-order chi connectivity index (χ1) is 15.3. The van der Waals surface area contributed by atoms with Crippen LogP contribution >= 0.6 is 0 Å². The number of nitrogens with two attached hydrogens (primary N) is 1. The molecule has 3 aliphatic rings. The van der Waals surface area contributed by atoms with Gasteiger partial charge in [-0.15, -0.1) is 0 Å². The molecule has 0 radical (unpaired) electrons. The number of nitrogens with one attached hydrogen (secondary N) is 1. The Morgan fingerprint density at radius 2 is 2.00 bits per heavy atom. The molecule has 1 heterocycles. The summed E-state index contributed by atoms with van der Waals surface area (Å²) in [4.78, 5) is 4.42. The Morgan fingerprint density at radius 1 is 1.25 bits per heavy atom. The third-order valence-electron chi connectivity index (χ3n) is 7.64. The van der Waals surface area contributed by atoms with Crippen molar-refractivity contribution in [2.75, 3.05) is 31.6 Å². The van der Waals surface area contributed by atoms with Crippen LogP contribution in [-0.4, -0.2) is 66.0 Å². The second kappa shape index (κ2) is 9.81. The molecule has 32 heavy (non-hydrogen) atoms. The predicted octanol–water partition coefficient (Wildman–Crippen LogP) is 2.22. The lowest BCUT2D eigenvalue weighted by Gasteiger charge is -2.47. The minimum atomic E-state index is -0.622.